The summed E-state index contributed by atoms with van der Waals surface area (Å²) < 4.78 is 32.4. The lowest BCUT2D eigenvalue weighted by molar-refractivity contribution is 0.112. The molecule has 0 saturated carbocycles. The van der Waals surface area contributed by atoms with Crippen LogP contribution in [0.3, 0.4) is 0 Å². The number of carbonyl (C=O) groups is 1. The van der Waals surface area contributed by atoms with Crippen LogP contribution in [0.1, 0.15) is 17.3 Å². The largest absolute Gasteiger partial charge is 0.492 e. The molecular weight excluding hydrogens is 290 g/mol. The summed E-state index contributed by atoms with van der Waals surface area (Å²) in [5.74, 6) is 0.377. The Hall–Kier alpha value is -2.34. The Labute approximate surface area is 123 Å². The Balaban J connectivity index is 2.40. The maximum atomic E-state index is 12.3. The van der Waals surface area contributed by atoms with Gasteiger partial charge in [0.1, 0.15) is 12.0 Å². The molecule has 5 nitrogen and oxygen atoms in total. The topological polar surface area (TPSA) is 72.5 Å². The van der Waals surface area contributed by atoms with Crippen molar-refractivity contribution in [2.45, 2.75) is 11.8 Å². The molecule has 2 aromatic carbocycles. The number of benzene rings is 2. The predicted molar refractivity (Wildman–Crippen MR) is 80.2 cm³/mol. The van der Waals surface area contributed by atoms with E-state index in [4.69, 9.17) is 4.74 Å². The molecule has 0 amide bonds. The normalized spacial score (nSPS) is 10.9. The van der Waals surface area contributed by atoms with E-state index in [0.29, 0.717) is 24.2 Å². The van der Waals surface area contributed by atoms with Gasteiger partial charge in [-0.15, -0.1) is 0 Å². The van der Waals surface area contributed by atoms with Crippen molar-refractivity contribution < 1.29 is 17.9 Å². The molecule has 0 unspecified atom stereocenters. The van der Waals surface area contributed by atoms with E-state index in [9.17, 15) is 13.2 Å². The van der Waals surface area contributed by atoms with Crippen molar-refractivity contribution in [3.63, 3.8) is 0 Å². The first kappa shape index (κ1) is 15.1. The molecule has 0 aliphatic rings. The van der Waals surface area contributed by atoms with Crippen molar-refractivity contribution in [2.75, 3.05) is 11.3 Å². The van der Waals surface area contributed by atoms with Gasteiger partial charge in [0.2, 0.25) is 0 Å². The third kappa shape index (κ3) is 3.61. The Kier molecular flexibility index (Phi) is 4.59. The monoisotopic (exact) mass is 305 g/mol. The van der Waals surface area contributed by atoms with Gasteiger partial charge in [0.15, 0.2) is 0 Å². The average molecular weight is 305 g/mol. The Morgan fingerprint density at radius 2 is 1.86 bits per heavy atom. The molecule has 0 heterocycles. The fraction of sp³-hybridized carbons (Fsp3) is 0.133. The van der Waals surface area contributed by atoms with Crippen LogP contribution in [0, 0.1) is 0 Å². The van der Waals surface area contributed by atoms with Gasteiger partial charge in [-0.25, -0.2) is 8.42 Å². The number of carbonyl (C=O) groups excluding carboxylic acids is 1. The van der Waals surface area contributed by atoms with E-state index in [1.807, 2.05) is 0 Å². The fourth-order valence-corrected chi connectivity index (χ4v) is 2.87. The highest BCUT2D eigenvalue weighted by atomic mass is 32.2. The van der Waals surface area contributed by atoms with Gasteiger partial charge in [0.25, 0.3) is 10.0 Å². The molecule has 110 valence electrons. The van der Waals surface area contributed by atoms with E-state index in [1.165, 1.54) is 18.2 Å². The van der Waals surface area contributed by atoms with Gasteiger partial charge in [0, 0.05) is 5.56 Å². The van der Waals surface area contributed by atoms with Crippen LogP contribution in [0.25, 0.3) is 0 Å². The first-order valence-electron chi connectivity index (χ1n) is 6.36. The first-order chi connectivity index (χ1) is 10.1. The molecule has 0 radical (unpaired) electrons. The third-order valence-corrected chi connectivity index (χ3v) is 4.12. The average Bonchev–Trinajstić information content (AvgIpc) is 2.50. The van der Waals surface area contributed by atoms with E-state index in [-0.39, 0.29) is 10.6 Å². The van der Waals surface area contributed by atoms with Crippen molar-refractivity contribution in [1.29, 1.82) is 0 Å². The summed E-state index contributed by atoms with van der Waals surface area (Å²) in [6.07, 6.45) is 0.649. The highest BCUT2D eigenvalue weighted by Gasteiger charge is 2.16. The second-order valence-electron chi connectivity index (χ2n) is 4.23. The maximum Gasteiger partial charge on any atom is 0.262 e. The van der Waals surface area contributed by atoms with Crippen LogP contribution in [0.4, 0.5) is 5.69 Å². The number of rotatable bonds is 6. The highest BCUT2D eigenvalue weighted by molar-refractivity contribution is 7.92. The zero-order valence-electron chi connectivity index (χ0n) is 11.4. The SMILES string of the molecule is CCOc1ccc(C=O)cc1NS(=O)(=O)c1ccccc1. The van der Waals surface area contributed by atoms with Crippen LogP contribution < -0.4 is 9.46 Å². The van der Waals surface area contributed by atoms with Crippen molar-refractivity contribution in [3.05, 3.63) is 54.1 Å². The second-order valence-corrected chi connectivity index (χ2v) is 5.91. The highest BCUT2D eigenvalue weighted by Crippen LogP contribution is 2.28. The van der Waals surface area contributed by atoms with Crippen LogP contribution in [-0.4, -0.2) is 21.3 Å². The van der Waals surface area contributed by atoms with Gasteiger partial charge in [0.05, 0.1) is 17.2 Å². The van der Waals surface area contributed by atoms with Crippen molar-refractivity contribution in [1.82, 2.24) is 0 Å². The smallest absolute Gasteiger partial charge is 0.262 e. The molecule has 0 atom stereocenters. The Bertz CT molecular complexity index is 727. The van der Waals surface area contributed by atoms with Crippen LogP contribution in [0.15, 0.2) is 53.4 Å². The van der Waals surface area contributed by atoms with E-state index in [0.717, 1.165) is 0 Å². The number of aldehydes is 1. The first-order valence-corrected chi connectivity index (χ1v) is 7.85. The summed E-state index contributed by atoms with van der Waals surface area (Å²) in [5.41, 5.74) is 0.606. The number of anilines is 1. The van der Waals surface area contributed by atoms with Crippen LogP contribution in [0.2, 0.25) is 0 Å². The van der Waals surface area contributed by atoms with Gasteiger partial charge in [-0.05, 0) is 37.3 Å². The molecule has 2 aromatic rings. The third-order valence-electron chi connectivity index (χ3n) is 2.74. The lowest BCUT2D eigenvalue weighted by Gasteiger charge is -2.13. The van der Waals surface area contributed by atoms with Crippen LogP contribution in [0.5, 0.6) is 5.75 Å². The molecule has 0 fully saturated rings. The number of hydrogen-bond acceptors (Lipinski definition) is 4. The number of nitrogens with one attached hydrogen (secondary N) is 1. The molecular formula is C15H15NO4S. The standard InChI is InChI=1S/C15H15NO4S/c1-2-20-15-9-8-12(11-17)10-14(15)16-21(18,19)13-6-4-3-5-7-13/h3-11,16H,2H2,1H3. The number of sulfonamides is 1. The van der Waals surface area contributed by atoms with E-state index < -0.39 is 10.0 Å². The van der Waals surface area contributed by atoms with E-state index >= 15 is 0 Å². The second kappa shape index (κ2) is 6.41. The molecule has 0 aromatic heterocycles. The van der Waals surface area contributed by atoms with Crippen molar-refractivity contribution >= 4 is 22.0 Å². The quantitative estimate of drug-likeness (QED) is 0.833. The molecule has 21 heavy (non-hydrogen) atoms. The molecule has 0 bridgehead atoms. The summed E-state index contributed by atoms with van der Waals surface area (Å²) in [7, 11) is -3.73. The predicted octanol–water partition coefficient (Wildman–Crippen LogP) is 2.70. The summed E-state index contributed by atoms with van der Waals surface area (Å²) in [6, 6.07) is 12.6. The van der Waals surface area contributed by atoms with Gasteiger partial charge in [-0.1, -0.05) is 18.2 Å². The van der Waals surface area contributed by atoms with E-state index in [1.54, 1.807) is 37.3 Å². The van der Waals surface area contributed by atoms with Crippen molar-refractivity contribution in [3.8, 4) is 5.75 Å². The lowest BCUT2D eigenvalue weighted by atomic mass is 10.2. The summed E-state index contributed by atoms with van der Waals surface area (Å²) >= 11 is 0. The lowest BCUT2D eigenvalue weighted by Crippen LogP contribution is -2.14. The number of hydrogen-bond donors (Lipinski definition) is 1. The van der Waals surface area contributed by atoms with Gasteiger partial charge < -0.3 is 4.74 Å². The number of ether oxygens (including phenoxy) is 1. The summed E-state index contributed by atoms with van der Waals surface area (Å²) in [5, 5.41) is 0. The van der Waals surface area contributed by atoms with Crippen molar-refractivity contribution in [2.24, 2.45) is 0 Å². The van der Waals surface area contributed by atoms with Gasteiger partial charge in [-0.3, -0.25) is 9.52 Å². The van der Waals surface area contributed by atoms with Crippen LogP contribution >= 0.6 is 0 Å². The zero-order valence-corrected chi connectivity index (χ0v) is 12.3. The maximum absolute atomic E-state index is 12.3. The summed E-state index contributed by atoms with van der Waals surface area (Å²) in [6.45, 7) is 2.18. The molecule has 0 aliphatic heterocycles. The zero-order chi connectivity index (χ0) is 15.3. The minimum atomic E-state index is -3.73. The minimum absolute atomic E-state index is 0.143. The minimum Gasteiger partial charge on any atom is -0.492 e. The summed E-state index contributed by atoms with van der Waals surface area (Å²) in [4.78, 5) is 11.0. The molecule has 0 saturated heterocycles. The van der Waals surface area contributed by atoms with Crippen LogP contribution in [-0.2, 0) is 10.0 Å². The molecule has 6 heteroatoms. The Morgan fingerprint density at radius 3 is 2.48 bits per heavy atom. The molecule has 0 spiro atoms. The molecule has 0 aliphatic carbocycles. The molecule has 2 rings (SSSR count). The Morgan fingerprint density at radius 1 is 1.14 bits per heavy atom. The van der Waals surface area contributed by atoms with E-state index in [2.05, 4.69) is 4.72 Å². The van der Waals surface area contributed by atoms with Gasteiger partial charge in [-0.2, -0.15) is 0 Å². The fourth-order valence-electron chi connectivity index (χ4n) is 1.79. The van der Waals surface area contributed by atoms with Gasteiger partial charge >= 0.3 is 0 Å². The molecule has 1 N–H and O–H groups in total.